The molecule has 3 atom stereocenters. The highest BCUT2D eigenvalue weighted by atomic mass is 16.6. The van der Waals surface area contributed by atoms with Crippen LogP contribution in [0.1, 0.15) is 93.9 Å². The number of methoxy groups -OCH3 is 2. The van der Waals surface area contributed by atoms with E-state index in [0.717, 1.165) is 61.2 Å². The van der Waals surface area contributed by atoms with Crippen molar-refractivity contribution in [2.24, 2.45) is 28.2 Å². The number of esters is 1. The summed E-state index contributed by atoms with van der Waals surface area (Å²) in [5, 5.41) is 14.0. The third-order valence-electron chi connectivity index (χ3n) is 8.77. The normalized spacial score (nSPS) is 22.0. The average molecular weight is 671 g/mol. The fourth-order valence-corrected chi connectivity index (χ4v) is 6.68. The molecule has 0 bridgehead atoms. The SMILES string of the molecule is CC=C(OCCOC)/C(C(C)=O)=C1/C=C(NCC(C)CC(C)(C)CCN=C2C=C(C(C(=O)OCCOC)=C(C)O)CC(C)C2)CC(C)C1. The molecular weight excluding hydrogens is 608 g/mol. The molecule has 9 heteroatoms. The average Bonchev–Trinajstić information content (AvgIpc) is 2.98. The van der Waals surface area contributed by atoms with Gasteiger partial charge < -0.3 is 29.4 Å². The van der Waals surface area contributed by atoms with Crippen LogP contribution in [0.2, 0.25) is 0 Å². The number of carbonyl (C=O) groups is 2. The van der Waals surface area contributed by atoms with E-state index < -0.39 is 5.97 Å². The standard InChI is InChI=1S/C39H62N2O7/c1-11-35(47-16-14-45-9)36(29(5)42)31-18-26(2)21-34(22-31)41-25-28(4)24-39(7,8)12-13-40-33-20-27(3)19-32(23-33)37(30(6)43)38(44)48-17-15-46-10/h11,22-23,26-28,41,43H,12-21,24-25H2,1-10H3/b35-11?,36-31+,37-30?,40-33?. The first kappa shape index (κ1) is 41.0. The van der Waals surface area contributed by atoms with Gasteiger partial charge in [-0.3, -0.25) is 9.79 Å². The first-order chi connectivity index (χ1) is 22.7. The first-order valence-corrected chi connectivity index (χ1v) is 17.5. The lowest BCUT2D eigenvalue weighted by Crippen LogP contribution is -2.28. The van der Waals surface area contributed by atoms with Crippen LogP contribution in [-0.4, -0.2) is 76.3 Å². The second-order valence-corrected chi connectivity index (χ2v) is 14.4. The predicted molar refractivity (Wildman–Crippen MR) is 193 cm³/mol. The van der Waals surface area contributed by atoms with Crippen LogP contribution in [0.25, 0.3) is 0 Å². The summed E-state index contributed by atoms with van der Waals surface area (Å²) in [6.07, 6.45) is 11.2. The van der Waals surface area contributed by atoms with E-state index in [9.17, 15) is 14.7 Å². The van der Waals surface area contributed by atoms with Crippen molar-refractivity contribution in [1.29, 1.82) is 0 Å². The fraction of sp³-hybridized carbons (Fsp3) is 0.667. The molecule has 0 spiro atoms. The predicted octanol–water partition coefficient (Wildman–Crippen LogP) is 7.60. The van der Waals surface area contributed by atoms with Gasteiger partial charge in [0.05, 0.1) is 24.4 Å². The number of hydrogen-bond acceptors (Lipinski definition) is 9. The number of aliphatic hydroxyl groups is 1. The van der Waals surface area contributed by atoms with Crippen molar-refractivity contribution in [3.63, 3.8) is 0 Å². The Hall–Kier alpha value is -3.17. The number of nitrogens with one attached hydrogen (secondary N) is 1. The van der Waals surface area contributed by atoms with Crippen LogP contribution in [0.4, 0.5) is 0 Å². The van der Waals surface area contributed by atoms with E-state index in [1.54, 1.807) is 21.1 Å². The van der Waals surface area contributed by atoms with Gasteiger partial charge in [-0.05, 0) is 112 Å². The summed E-state index contributed by atoms with van der Waals surface area (Å²) in [4.78, 5) is 30.4. The molecule has 270 valence electrons. The van der Waals surface area contributed by atoms with Crippen molar-refractivity contribution in [1.82, 2.24) is 5.32 Å². The molecule has 48 heavy (non-hydrogen) atoms. The monoisotopic (exact) mass is 670 g/mol. The molecule has 0 saturated heterocycles. The van der Waals surface area contributed by atoms with Gasteiger partial charge in [0.15, 0.2) is 5.78 Å². The van der Waals surface area contributed by atoms with Crippen molar-refractivity contribution in [3.05, 3.63) is 57.7 Å². The van der Waals surface area contributed by atoms with E-state index in [2.05, 4.69) is 46.0 Å². The van der Waals surface area contributed by atoms with Gasteiger partial charge in [-0.1, -0.05) is 34.6 Å². The molecule has 0 amide bonds. The number of ketones is 1. The first-order valence-electron chi connectivity index (χ1n) is 17.5. The Labute approximate surface area is 289 Å². The zero-order chi connectivity index (χ0) is 35.9. The van der Waals surface area contributed by atoms with Crippen molar-refractivity contribution in [2.45, 2.75) is 93.9 Å². The largest absolute Gasteiger partial charge is 0.512 e. The van der Waals surface area contributed by atoms with Gasteiger partial charge in [-0.25, -0.2) is 4.79 Å². The van der Waals surface area contributed by atoms with Crippen LogP contribution >= 0.6 is 0 Å². The van der Waals surface area contributed by atoms with E-state index in [0.29, 0.717) is 61.9 Å². The van der Waals surface area contributed by atoms with Crippen LogP contribution in [0.15, 0.2) is 62.7 Å². The van der Waals surface area contributed by atoms with Crippen molar-refractivity contribution in [3.8, 4) is 0 Å². The molecule has 0 aromatic heterocycles. The Bertz CT molecular complexity index is 1280. The summed E-state index contributed by atoms with van der Waals surface area (Å²) in [6.45, 7) is 19.1. The Kier molecular flexibility index (Phi) is 17.4. The van der Waals surface area contributed by atoms with Crippen LogP contribution in [-0.2, 0) is 28.5 Å². The number of aliphatic hydroxyl groups excluding tert-OH is 1. The lowest BCUT2D eigenvalue weighted by molar-refractivity contribution is -0.140. The third-order valence-corrected chi connectivity index (χ3v) is 8.77. The van der Waals surface area contributed by atoms with Crippen LogP contribution in [0.3, 0.4) is 0 Å². The van der Waals surface area contributed by atoms with Gasteiger partial charge >= 0.3 is 5.97 Å². The second kappa shape index (κ2) is 20.4. The second-order valence-electron chi connectivity index (χ2n) is 14.4. The number of rotatable bonds is 19. The smallest absolute Gasteiger partial charge is 0.341 e. The summed E-state index contributed by atoms with van der Waals surface area (Å²) in [5.74, 6) is 1.20. The molecule has 0 aromatic carbocycles. The molecule has 0 radical (unpaired) electrons. The number of hydrogen-bond donors (Lipinski definition) is 2. The molecule has 0 aliphatic heterocycles. The van der Waals surface area contributed by atoms with Gasteiger partial charge in [0, 0.05) is 38.7 Å². The van der Waals surface area contributed by atoms with E-state index in [4.69, 9.17) is 23.9 Å². The fourth-order valence-electron chi connectivity index (χ4n) is 6.68. The number of ether oxygens (including phenoxy) is 4. The highest BCUT2D eigenvalue weighted by Crippen LogP contribution is 2.34. The number of Topliss-reactive ketones (excluding diaryl/α,β-unsaturated/α-hetero) is 1. The van der Waals surface area contributed by atoms with Crippen LogP contribution in [0, 0.1) is 23.2 Å². The summed E-state index contributed by atoms with van der Waals surface area (Å²) in [5.41, 5.74) is 4.88. The zero-order valence-corrected chi connectivity index (χ0v) is 31.3. The molecule has 9 nitrogen and oxygen atoms in total. The molecular formula is C39H62N2O7. The van der Waals surface area contributed by atoms with E-state index >= 15 is 0 Å². The molecule has 2 aliphatic carbocycles. The minimum absolute atomic E-state index is 0.00850. The Morgan fingerprint density at radius 3 is 2.25 bits per heavy atom. The molecule has 0 saturated carbocycles. The van der Waals surface area contributed by atoms with Gasteiger partial charge in [-0.15, -0.1) is 0 Å². The van der Waals surface area contributed by atoms with E-state index in [1.807, 2.05) is 19.1 Å². The quantitative estimate of drug-likeness (QED) is 0.0625. The highest BCUT2D eigenvalue weighted by Gasteiger charge is 2.27. The van der Waals surface area contributed by atoms with Gasteiger partial charge in [0.2, 0.25) is 0 Å². The lowest BCUT2D eigenvalue weighted by Gasteiger charge is -2.30. The summed E-state index contributed by atoms with van der Waals surface area (Å²) in [7, 11) is 3.19. The summed E-state index contributed by atoms with van der Waals surface area (Å²) < 4.78 is 21.3. The van der Waals surface area contributed by atoms with E-state index in [-0.39, 0.29) is 29.1 Å². The summed E-state index contributed by atoms with van der Waals surface area (Å²) >= 11 is 0. The van der Waals surface area contributed by atoms with E-state index in [1.165, 1.54) is 6.92 Å². The van der Waals surface area contributed by atoms with Crippen LogP contribution < -0.4 is 5.32 Å². The molecule has 0 aromatic rings. The van der Waals surface area contributed by atoms with Gasteiger partial charge in [0.25, 0.3) is 0 Å². The molecule has 0 heterocycles. The molecule has 2 aliphatic rings. The number of carbonyl (C=O) groups excluding carboxylic acids is 2. The van der Waals surface area contributed by atoms with Gasteiger partial charge in [0.1, 0.15) is 24.7 Å². The maximum absolute atomic E-state index is 12.8. The zero-order valence-electron chi connectivity index (χ0n) is 31.3. The Morgan fingerprint density at radius 1 is 1.00 bits per heavy atom. The number of aliphatic imine (C=N–C) groups is 1. The lowest BCUT2D eigenvalue weighted by atomic mass is 9.80. The topological polar surface area (TPSA) is 116 Å². The Morgan fingerprint density at radius 2 is 1.65 bits per heavy atom. The minimum atomic E-state index is -0.532. The maximum Gasteiger partial charge on any atom is 0.341 e. The molecule has 3 unspecified atom stereocenters. The van der Waals surface area contributed by atoms with Crippen molar-refractivity contribution < 1.29 is 33.6 Å². The molecule has 2 N–H and O–H groups in total. The maximum atomic E-state index is 12.8. The number of allylic oxidation sites excluding steroid dienone is 7. The van der Waals surface area contributed by atoms with Crippen molar-refractivity contribution in [2.75, 3.05) is 53.7 Å². The number of nitrogens with zero attached hydrogens (tertiary/aromatic N) is 1. The summed E-state index contributed by atoms with van der Waals surface area (Å²) in [6, 6.07) is 0. The Balaban J connectivity index is 2.06. The van der Waals surface area contributed by atoms with Crippen LogP contribution in [0.5, 0.6) is 0 Å². The highest BCUT2D eigenvalue weighted by molar-refractivity contribution is 6.02. The molecule has 0 fully saturated rings. The van der Waals surface area contributed by atoms with Crippen molar-refractivity contribution >= 4 is 17.5 Å². The molecule has 2 rings (SSSR count). The third kappa shape index (κ3) is 13.7. The van der Waals surface area contributed by atoms with Gasteiger partial charge in [-0.2, -0.15) is 0 Å². The minimum Gasteiger partial charge on any atom is -0.512 e.